The molecule has 0 fully saturated rings. The largest absolute Gasteiger partial charge is 0.396 e. The molecule has 0 radical (unpaired) electrons. The van der Waals surface area contributed by atoms with Gasteiger partial charge < -0.3 is 5.11 Å². The van der Waals surface area contributed by atoms with Crippen LogP contribution >= 0.6 is 0 Å². The molecule has 6 nitrogen and oxygen atoms in total. The van der Waals surface area contributed by atoms with Crippen LogP contribution in [0, 0.1) is 10.1 Å². The van der Waals surface area contributed by atoms with Crippen LogP contribution < -0.4 is 0 Å². The van der Waals surface area contributed by atoms with Gasteiger partial charge in [0, 0.05) is 24.4 Å². The number of nitrogens with zero attached hydrogens (tertiary/aromatic N) is 3. The zero-order valence-electron chi connectivity index (χ0n) is 10.1. The minimum absolute atomic E-state index is 0.0106. The minimum atomic E-state index is -0.432. The number of rotatable bonds is 5. The summed E-state index contributed by atoms with van der Waals surface area (Å²) in [5, 5.41) is 23.7. The van der Waals surface area contributed by atoms with Crippen LogP contribution in [0.3, 0.4) is 0 Å². The summed E-state index contributed by atoms with van der Waals surface area (Å²) in [7, 11) is 0. The van der Waals surface area contributed by atoms with E-state index < -0.39 is 4.92 Å². The van der Waals surface area contributed by atoms with Crippen molar-refractivity contribution in [2.24, 2.45) is 0 Å². The van der Waals surface area contributed by atoms with Crippen molar-refractivity contribution in [1.29, 1.82) is 0 Å². The number of aliphatic hydroxyl groups is 1. The average Bonchev–Trinajstić information content (AvgIpc) is 2.88. The highest BCUT2D eigenvalue weighted by molar-refractivity contribution is 5.54. The third-order valence-corrected chi connectivity index (χ3v) is 2.53. The Bertz CT molecular complexity index is 605. The van der Waals surface area contributed by atoms with Crippen LogP contribution in [0.2, 0.25) is 0 Å². The summed E-state index contributed by atoms with van der Waals surface area (Å²) in [6.07, 6.45) is 7.52. The summed E-state index contributed by atoms with van der Waals surface area (Å²) in [5.74, 6) is 0. The molecule has 0 spiro atoms. The predicted molar refractivity (Wildman–Crippen MR) is 71.0 cm³/mol. The lowest BCUT2D eigenvalue weighted by Crippen LogP contribution is -1.99. The quantitative estimate of drug-likeness (QED) is 0.659. The van der Waals surface area contributed by atoms with Crippen molar-refractivity contribution in [2.45, 2.75) is 6.42 Å². The lowest BCUT2D eigenvalue weighted by molar-refractivity contribution is -0.384. The van der Waals surface area contributed by atoms with Crippen molar-refractivity contribution in [1.82, 2.24) is 9.78 Å². The Morgan fingerprint density at radius 1 is 1.42 bits per heavy atom. The maximum Gasteiger partial charge on any atom is 0.294 e. The van der Waals surface area contributed by atoms with Gasteiger partial charge in [-0.15, -0.1) is 0 Å². The fraction of sp³-hybridized carbons (Fsp3) is 0.154. The van der Waals surface area contributed by atoms with Gasteiger partial charge in [-0.2, -0.15) is 5.10 Å². The molecule has 19 heavy (non-hydrogen) atoms. The highest BCUT2D eigenvalue weighted by Crippen LogP contribution is 2.21. The lowest BCUT2D eigenvalue weighted by atomic mass is 10.2. The molecule has 0 saturated carbocycles. The van der Waals surface area contributed by atoms with Crippen LogP contribution in [0.4, 0.5) is 5.69 Å². The van der Waals surface area contributed by atoms with E-state index in [-0.39, 0.29) is 12.3 Å². The van der Waals surface area contributed by atoms with Gasteiger partial charge in [-0.25, -0.2) is 4.68 Å². The molecule has 0 amide bonds. The van der Waals surface area contributed by atoms with Gasteiger partial charge in [-0.05, 0) is 12.5 Å². The standard InChI is InChI=1S/C13H13N3O3/c17-8-4-3-5-11-9-14-15(10-11)12-6-1-2-7-13(12)16(18)19/h1-3,5-7,9-10,17H,4,8H2. The first-order valence-corrected chi connectivity index (χ1v) is 5.78. The SMILES string of the molecule is O=[N+]([O-])c1ccccc1-n1cc(C=CCCO)cn1. The predicted octanol–water partition coefficient (Wildman–Crippen LogP) is 2.18. The molecule has 0 aliphatic rings. The first-order valence-electron chi connectivity index (χ1n) is 5.78. The first kappa shape index (κ1) is 13.0. The maximum atomic E-state index is 10.9. The van der Waals surface area contributed by atoms with Crippen LogP contribution in [0.1, 0.15) is 12.0 Å². The second-order valence-electron chi connectivity index (χ2n) is 3.88. The Hall–Kier alpha value is -2.47. The lowest BCUT2D eigenvalue weighted by Gasteiger charge is -2.01. The Morgan fingerprint density at radius 2 is 2.21 bits per heavy atom. The fourth-order valence-corrected chi connectivity index (χ4v) is 1.66. The van der Waals surface area contributed by atoms with Gasteiger partial charge in [0.25, 0.3) is 5.69 Å². The second-order valence-corrected chi connectivity index (χ2v) is 3.88. The molecule has 0 bridgehead atoms. The maximum absolute atomic E-state index is 10.9. The zero-order chi connectivity index (χ0) is 13.7. The van der Waals surface area contributed by atoms with Gasteiger partial charge in [-0.3, -0.25) is 10.1 Å². The number of nitro groups is 1. The molecule has 0 saturated heterocycles. The molecule has 2 aromatic rings. The average molecular weight is 259 g/mol. The molecule has 1 heterocycles. The van der Waals surface area contributed by atoms with E-state index in [0.717, 1.165) is 5.56 Å². The first-order chi connectivity index (χ1) is 9.22. The third-order valence-electron chi connectivity index (χ3n) is 2.53. The molecular formula is C13H13N3O3. The normalized spacial score (nSPS) is 11.0. The summed E-state index contributed by atoms with van der Waals surface area (Å²) in [6.45, 7) is 0.0921. The number of aromatic nitrogens is 2. The molecule has 1 aromatic heterocycles. The molecule has 0 atom stereocenters. The highest BCUT2D eigenvalue weighted by atomic mass is 16.6. The van der Waals surface area contributed by atoms with Gasteiger partial charge in [0.2, 0.25) is 0 Å². The van der Waals surface area contributed by atoms with E-state index in [1.165, 1.54) is 10.7 Å². The molecule has 98 valence electrons. The topological polar surface area (TPSA) is 81.2 Å². The van der Waals surface area contributed by atoms with E-state index in [1.54, 1.807) is 30.6 Å². The number of aliphatic hydroxyl groups excluding tert-OH is 1. The van der Waals surface area contributed by atoms with Crippen LogP contribution in [-0.4, -0.2) is 26.4 Å². The Labute approximate surface area is 109 Å². The van der Waals surface area contributed by atoms with Crippen molar-refractivity contribution in [2.75, 3.05) is 6.61 Å². The Morgan fingerprint density at radius 3 is 2.95 bits per heavy atom. The van der Waals surface area contributed by atoms with Gasteiger partial charge in [-0.1, -0.05) is 24.3 Å². The van der Waals surface area contributed by atoms with Crippen LogP contribution in [0.5, 0.6) is 0 Å². The van der Waals surface area contributed by atoms with E-state index >= 15 is 0 Å². The van der Waals surface area contributed by atoms with Crippen LogP contribution in [0.25, 0.3) is 11.8 Å². The molecule has 2 rings (SSSR count). The number of para-hydroxylation sites is 2. The number of hydrogen-bond acceptors (Lipinski definition) is 4. The van der Waals surface area contributed by atoms with Crippen LogP contribution in [-0.2, 0) is 0 Å². The van der Waals surface area contributed by atoms with Crippen LogP contribution in [0.15, 0.2) is 42.7 Å². The van der Waals surface area contributed by atoms with E-state index in [1.807, 2.05) is 12.2 Å². The molecule has 0 aliphatic carbocycles. The van der Waals surface area contributed by atoms with Crippen molar-refractivity contribution < 1.29 is 10.0 Å². The number of hydrogen-bond donors (Lipinski definition) is 1. The summed E-state index contributed by atoms with van der Waals surface area (Å²) in [6, 6.07) is 6.43. The highest BCUT2D eigenvalue weighted by Gasteiger charge is 2.14. The smallest absolute Gasteiger partial charge is 0.294 e. The van der Waals surface area contributed by atoms with Gasteiger partial charge in [0.1, 0.15) is 5.69 Å². The van der Waals surface area contributed by atoms with Crippen molar-refractivity contribution >= 4 is 11.8 Å². The Balaban J connectivity index is 2.30. The molecule has 1 N–H and O–H groups in total. The third kappa shape index (κ3) is 3.05. The van der Waals surface area contributed by atoms with Crippen molar-refractivity contribution in [3.63, 3.8) is 0 Å². The molecule has 1 aromatic carbocycles. The second kappa shape index (κ2) is 5.92. The van der Waals surface area contributed by atoms with E-state index in [4.69, 9.17) is 5.11 Å². The molecule has 0 unspecified atom stereocenters. The fourth-order valence-electron chi connectivity index (χ4n) is 1.66. The van der Waals surface area contributed by atoms with Gasteiger partial charge in [0.05, 0.1) is 11.1 Å². The molecule has 0 aliphatic heterocycles. The number of benzene rings is 1. The summed E-state index contributed by atoms with van der Waals surface area (Å²) in [4.78, 5) is 10.5. The van der Waals surface area contributed by atoms with E-state index in [2.05, 4.69) is 5.10 Å². The van der Waals surface area contributed by atoms with Gasteiger partial charge >= 0.3 is 0 Å². The van der Waals surface area contributed by atoms with Crippen molar-refractivity contribution in [3.8, 4) is 5.69 Å². The summed E-state index contributed by atoms with van der Waals surface area (Å²) in [5.41, 5.74) is 1.26. The molecule has 6 heteroatoms. The monoisotopic (exact) mass is 259 g/mol. The minimum Gasteiger partial charge on any atom is -0.396 e. The van der Waals surface area contributed by atoms with E-state index in [0.29, 0.717) is 12.1 Å². The Kier molecular flexibility index (Phi) is 4.04. The molecular weight excluding hydrogens is 246 g/mol. The van der Waals surface area contributed by atoms with E-state index in [9.17, 15) is 10.1 Å². The van der Waals surface area contributed by atoms with Gasteiger partial charge in [0.15, 0.2) is 0 Å². The number of nitro benzene ring substituents is 1. The summed E-state index contributed by atoms with van der Waals surface area (Å²) >= 11 is 0. The summed E-state index contributed by atoms with van der Waals surface area (Å²) < 4.78 is 1.47. The zero-order valence-corrected chi connectivity index (χ0v) is 10.1. The van der Waals surface area contributed by atoms with Crippen molar-refractivity contribution in [3.05, 3.63) is 58.4 Å².